The van der Waals surface area contributed by atoms with E-state index in [0.717, 1.165) is 24.4 Å². The number of benzene rings is 2. The van der Waals surface area contributed by atoms with Crippen molar-refractivity contribution in [3.63, 3.8) is 0 Å². The molecule has 0 radical (unpaired) electrons. The number of ether oxygens (including phenoxy) is 2. The van der Waals surface area contributed by atoms with Crippen molar-refractivity contribution in [3.8, 4) is 22.6 Å². The summed E-state index contributed by atoms with van der Waals surface area (Å²) in [5.74, 6) is 1.87. The molecule has 1 fully saturated rings. The molecule has 0 aliphatic carbocycles. The summed E-state index contributed by atoms with van der Waals surface area (Å²) in [5, 5.41) is 10.8. The van der Waals surface area contributed by atoms with E-state index < -0.39 is 6.10 Å². The quantitative estimate of drug-likeness (QED) is 0.610. The van der Waals surface area contributed by atoms with Crippen LogP contribution >= 0.6 is 0 Å². The molecule has 1 aromatic heterocycles. The molecule has 1 saturated heterocycles. The Balaban J connectivity index is 1.50. The minimum absolute atomic E-state index is 0.0794. The molecule has 0 spiro atoms. The van der Waals surface area contributed by atoms with Crippen LogP contribution in [0.15, 0.2) is 51.7 Å². The third-order valence-electron chi connectivity index (χ3n) is 5.95. The molecule has 31 heavy (non-hydrogen) atoms. The van der Waals surface area contributed by atoms with Gasteiger partial charge in [0.2, 0.25) is 5.43 Å². The van der Waals surface area contributed by atoms with E-state index in [1.165, 1.54) is 24.2 Å². The number of nitrogens with one attached hydrogen (secondary N) is 1. The van der Waals surface area contributed by atoms with E-state index in [-0.39, 0.29) is 12.0 Å². The molecular weight excluding hydrogens is 394 g/mol. The Labute approximate surface area is 182 Å². The lowest BCUT2D eigenvalue weighted by atomic mass is 10.0. The van der Waals surface area contributed by atoms with Gasteiger partial charge in [0.25, 0.3) is 0 Å². The van der Waals surface area contributed by atoms with Crippen molar-refractivity contribution < 1.29 is 23.9 Å². The first kappa shape index (κ1) is 21.4. The van der Waals surface area contributed by atoms with Gasteiger partial charge in [0.1, 0.15) is 42.1 Å². The molecule has 3 aromatic rings. The van der Waals surface area contributed by atoms with Gasteiger partial charge in [-0.2, -0.15) is 0 Å². The second-order valence-electron chi connectivity index (χ2n) is 8.23. The number of fused-ring (bicyclic) bond motifs is 1. The zero-order valence-electron chi connectivity index (χ0n) is 18.1. The van der Waals surface area contributed by atoms with E-state index in [4.69, 9.17) is 13.9 Å². The second-order valence-corrected chi connectivity index (χ2v) is 8.23. The Hall–Kier alpha value is -2.83. The summed E-state index contributed by atoms with van der Waals surface area (Å²) in [6.45, 7) is 4.95. The van der Waals surface area contributed by atoms with Gasteiger partial charge >= 0.3 is 0 Å². The summed E-state index contributed by atoms with van der Waals surface area (Å²) in [6, 6.07) is 12.6. The standard InChI is InChI=1S/C25H29NO5/c1-17-24(18-6-8-20(29-2)9-7-18)25(28)22-11-10-21(14-23(22)31-17)30-16-19(27)15-26-12-4-3-5-13-26/h6-11,14,19,27H,3-5,12-13,15-16H2,1-2H3/p+1/t19-/m1/s1. The second kappa shape index (κ2) is 9.54. The molecule has 4 rings (SSSR count). The van der Waals surface area contributed by atoms with Gasteiger partial charge in [0.15, 0.2) is 0 Å². The molecule has 2 N–H and O–H groups in total. The highest BCUT2D eigenvalue weighted by Crippen LogP contribution is 2.27. The number of rotatable bonds is 7. The number of hydrogen-bond acceptors (Lipinski definition) is 5. The number of aliphatic hydroxyl groups is 1. The maximum absolute atomic E-state index is 13.1. The number of likely N-dealkylation sites (tertiary alicyclic amines) is 1. The van der Waals surface area contributed by atoms with Crippen molar-refractivity contribution in [1.82, 2.24) is 0 Å². The SMILES string of the molecule is COc1ccc(-c2c(C)oc3cc(OC[C@H](O)C[NH+]4CCCCC4)ccc3c2=O)cc1. The molecule has 2 aromatic carbocycles. The van der Waals surface area contributed by atoms with Gasteiger partial charge in [0.05, 0.1) is 31.1 Å². The minimum Gasteiger partial charge on any atom is -0.497 e. The summed E-state index contributed by atoms with van der Waals surface area (Å²) in [5.41, 5.74) is 1.74. The molecular formula is C25H30NO5+. The van der Waals surface area contributed by atoms with E-state index in [2.05, 4.69) is 0 Å². The van der Waals surface area contributed by atoms with Crippen molar-refractivity contribution in [2.45, 2.75) is 32.3 Å². The van der Waals surface area contributed by atoms with Gasteiger partial charge in [-0.05, 0) is 56.0 Å². The van der Waals surface area contributed by atoms with Gasteiger partial charge in [-0.25, -0.2) is 0 Å². The molecule has 1 aliphatic rings. The van der Waals surface area contributed by atoms with Crippen LogP contribution in [0.25, 0.3) is 22.1 Å². The van der Waals surface area contributed by atoms with Crippen molar-refractivity contribution in [2.75, 3.05) is 33.4 Å². The molecule has 6 nitrogen and oxygen atoms in total. The average Bonchev–Trinajstić information content (AvgIpc) is 2.78. The fourth-order valence-electron chi connectivity index (χ4n) is 4.31. The smallest absolute Gasteiger partial charge is 0.200 e. The van der Waals surface area contributed by atoms with Crippen LogP contribution in [0.1, 0.15) is 25.0 Å². The molecule has 6 heteroatoms. The lowest BCUT2D eigenvalue weighted by molar-refractivity contribution is -0.908. The van der Waals surface area contributed by atoms with Crippen LogP contribution < -0.4 is 19.8 Å². The maximum atomic E-state index is 13.1. The minimum atomic E-state index is -0.519. The first-order valence-electron chi connectivity index (χ1n) is 10.9. The van der Waals surface area contributed by atoms with E-state index in [1.54, 1.807) is 32.2 Å². The Morgan fingerprint density at radius 1 is 1.06 bits per heavy atom. The zero-order valence-corrected chi connectivity index (χ0v) is 18.1. The highest BCUT2D eigenvalue weighted by molar-refractivity contribution is 5.83. The van der Waals surface area contributed by atoms with E-state index in [1.807, 2.05) is 24.3 Å². The van der Waals surface area contributed by atoms with Gasteiger partial charge in [-0.3, -0.25) is 4.79 Å². The molecule has 1 atom stereocenters. The molecule has 0 amide bonds. The lowest BCUT2D eigenvalue weighted by Gasteiger charge is -2.25. The topological polar surface area (TPSA) is 73.3 Å². The third-order valence-corrected chi connectivity index (χ3v) is 5.95. The van der Waals surface area contributed by atoms with Gasteiger partial charge in [0, 0.05) is 6.07 Å². The summed E-state index contributed by atoms with van der Waals surface area (Å²) in [4.78, 5) is 14.6. The summed E-state index contributed by atoms with van der Waals surface area (Å²) >= 11 is 0. The Morgan fingerprint density at radius 3 is 2.48 bits per heavy atom. The van der Waals surface area contributed by atoms with Crippen molar-refractivity contribution in [2.24, 2.45) is 0 Å². The number of hydrogen-bond donors (Lipinski definition) is 2. The average molecular weight is 425 g/mol. The van der Waals surface area contributed by atoms with Crippen LogP contribution in [0.3, 0.4) is 0 Å². The number of methoxy groups -OCH3 is 1. The Kier molecular flexibility index (Phi) is 6.59. The Bertz CT molecular complexity index is 1080. The molecule has 0 saturated carbocycles. The highest BCUT2D eigenvalue weighted by atomic mass is 16.5. The molecule has 0 unspecified atom stereocenters. The lowest BCUT2D eigenvalue weighted by Crippen LogP contribution is -3.14. The molecule has 1 aliphatic heterocycles. The van der Waals surface area contributed by atoms with Gasteiger partial charge in [-0.1, -0.05) is 12.1 Å². The van der Waals surface area contributed by atoms with Crippen molar-refractivity contribution in [1.29, 1.82) is 0 Å². The monoisotopic (exact) mass is 424 g/mol. The van der Waals surface area contributed by atoms with Crippen LogP contribution in [0.2, 0.25) is 0 Å². The van der Waals surface area contributed by atoms with E-state index >= 15 is 0 Å². The Morgan fingerprint density at radius 2 is 1.77 bits per heavy atom. The van der Waals surface area contributed by atoms with Crippen LogP contribution in [-0.2, 0) is 0 Å². The van der Waals surface area contributed by atoms with Crippen LogP contribution in [0.5, 0.6) is 11.5 Å². The van der Waals surface area contributed by atoms with Crippen LogP contribution in [0.4, 0.5) is 0 Å². The molecule has 2 heterocycles. The number of quaternary nitrogens is 1. The van der Waals surface area contributed by atoms with Crippen molar-refractivity contribution in [3.05, 3.63) is 58.4 Å². The van der Waals surface area contributed by atoms with E-state index in [9.17, 15) is 9.90 Å². The number of piperidine rings is 1. The zero-order chi connectivity index (χ0) is 21.8. The highest BCUT2D eigenvalue weighted by Gasteiger charge is 2.19. The van der Waals surface area contributed by atoms with E-state index in [0.29, 0.717) is 34.6 Å². The third kappa shape index (κ3) is 4.92. The predicted molar refractivity (Wildman–Crippen MR) is 120 cm³/mol. The summed E-state index contributed by atoms with van der Waals surface area (Å²) in [6.07, 6.45) is 3.22. The fourth-order valence-corrected chi connectivity index (χ4v) is 4.31. The summed E-state index contributed by atoms with van der Waals surface area (Å²) < 4.78 is 17.0. The largest absolute Gasteiger partial charge is 0.497 e. The van der Waals surface area contributed by atoms with Gasteiger partial charge in [-0.15, -0.1) is 0 Å². The van der Waals surface area contributed by atoms with Crippen molar-refractivity contribution >= 4 is 11.0 Å². The number of aryl methyl sites for hydroxylation is 1. The predicted octanol–water partition coefficient (Wildman–Crippen LogP) is 2.59. The molecule has 164 valence electrons. The number of aliphatic hydroxyl groups excluding tert-OH is 1. The fraction of sp³-hybridized carbons (Fsp3) is 0.400. The van der Waals surface area contributed by atoms with Gasteiger partial charge < -0.3 is 23.9 Å². The summed E-state index contributed by atoms with van der Waals surface area (Å²) in [7, 11) is 1.61. The normalized spacial score (nSPS) is 15.7. The van der Waals surface area contributed by atoms with Crippen LogP contribution in [-0.4, -0.2) is 44.6 Å². The molecule has 0 bridgehead atoms. The first-order valence-corrected chi connectivity index (χ1v) is 10.9. The maximum Gasteiger partial charge on any atom is 0.200 e. The van der Waals surface area contributed by atoms with Crippen LogP contribution in [0, 0.1) is 6.92 Å². The first-order chi connectivity index (χ1) is 15.0.